The van der Waals surface area contributed by atoms with Gasteiger partial charge in [0.05, 0.1) is 0 Å². The fourth-order valence-corrected chi connectivity index (χ4v) is 3.75. The SMILES string of the molecule is CC/C(F)=C\C(=C/C(C)F)C1=CN2C(=NC(=O)C23CCCCC3)C=C1. The molecule has 3 aliphatic rings. The molecule has 1 spiro atoms. The molecule has 1 aliphatic carbocycles. The maximum absolute atomic E-state index is 13.8. The first-order chi connectivity index (χ1) is 12.0. The third-order valence-electron chi connectivity index (χ3n) is 5.08. The summed E-state index contributed by atoms with van der Waals surface area (Å²) >= 11 is 0. The van der Waals surface area contributed by atoms with Crippen molar-refractivity contribution in [3.8, 4) is 0 Å². The maximum atomic E-state index is 13.8. The van der Waals surface area contributed by atoms with Gasteiger partial charge in [-0.3, -0.25) is 4.79 Å². The fourth-order valence-electron chi connectivity index (χ4n) is 3.75. The van der Waals surface area contributed by atoms with Gasteiger partial charge in [-0.1, -0.05) is 26.2 Å². The molecule has 0 aromatic rings. The molecule has 3 nitrogen and oxygen atoms in total. The van der Waals surface area contributed by atoms with Gasteiger partial charge >= 0.3 is 0 Å². The Bertz CT molecular complexity index is 707. The molecule has 25 heavy (non-hydrogen) atoms. The number of allylic oxidation sites excluding steroid dienone is 6. The van der Waals surface area contributed by atoms with Crippen molar-refractivity contribution in [3.63, 3.8) is 0 Å². The number of alkyl halides is 1. The van der Waals surface area contributed by atoms with Crippen LogP contribution in [0.15, 0.2) is 52.5 Å². The van der Waals surface area contributed by atoms with Gasteiger partial charge in [-0.15, -0.1) is 0 Å². The number of halogens is 2. The van der Waals surface area contributed by atoms with Crippen LogP contribution in [0.1, 0.15) is 52.4 Å². The van der Waals surface area contributed by atoms with Crippen LogP contribution in [0.2, 0.25) is 0 Å². The molecule has 1 atom stereocenters. The van der Waals surface area contributed by atoms with Crippen LogP contribution in [-0.2, 0) is 4.79 Å². The van der Waals surface area contributed by atoms with E-state index in [0.717, 1.165) is 32.1 Å². The van der Waals surface area contributed by atoms with E-state index >= 15 is 0 Å². The summed E-state index contributed by atoms with van der Waals surface area (Å²) in [5, 5.41) is 0. The molecule has 1 saturated carbocycles. The molecule has 0 N–H and O–H groups in total. The van der Waals surface area contributed by atoms with E-state index in [1.54, 1.807) is 19.1 Å². The smallest absolute Gasteiger partial charge is 0.273 e. The van der Waals surface area contributed by atoms with Crippen LogP contribution >= 0.6 is 0 Å². The van der Waals surface area contributed by atoms with Crippen molar-refractivity contribution < 1.29 is 13.6 Å². The third kappa shape index (κ3) is 3.37. The fraction of sp³-hybridized carbons (Fsp3) is 0.500. The number of hydrogen-bond acceptors (Lipinski definition) is 2. The Morgan fingerprint density at radius 1 is 1.36 bits per heavy atom. The van der Waals surface area contributed by atoms with Crippen molar-refractivity contribution in [1.82, 2.24) is 4.90 Å². The van der Waals surface area contributed by atoms with Gasteiger partial charge in [0, 0.05) is 6.20 Å². The maximum Gasteiger partial charge on any atom is 0.273 e. The zero-order valence-electron chi connectivity index (χ0n) is 14.8. The monoisotopic (exact) mass is 346 g/mol. The lowest BCUT2D eigenvalue weighted by Gasteiger charge is -2.40. The van der Waals surface area contributed by atoms with E-state index in [0.29, 0.717) is 17.0 Å². The largest absolute Gasteiger partial charge is 0.317 e. The number of rotatable bonds is 4. The van der Waals surface area contributed by atoms with Gasteiger partial charge in [0.15, 0.2) is 0 Å². The van der Waals surface area contributed by atoms with Gasteiger partial charge in [0.2, 0.25) is 0 Å². The first kappa shape index (κ1) is 17.8. The molecule has 134 valence electrons. The standard InChI is InChI=1S/C20H24F2N2O/c1-3-17(22)12-16(11-14(2)21)15-7-8-18-23-19(25)20(24(18)13-15)9-5-4-6-10-20/h7-8,11-14H,3-6,9-10H2,1-2H3/b16-11+,17-12+. The highest BCUT2D eigenvalue weighted by atomic mass is 19.1. The van der Waals surface area contributed by atoms with Crippen LogP contribution < -0.4 is 0 Å². The van der Waals surface area contributed by atoms with E-state index in [1.165, 1.54) is 19.1 Å². The zero-order chi connectivity index (χ0) is 18.0. The quantitative estimate of drug-likeness (QED) is 0.676. The van der Waals surface area contributed by atoms with Crippen molar-refractivity contribution >= 4 is 11.7 Å². The topological polar surface area (TPSA) is 32.7 Å². The summed E-state index contributed by atoms with van der Waals surface area (Å²) in [6.07, 6.45) is 11.9. The number of hydrogen-bond donors (Lipinski definition) is 0. The first-order valence-electron chi connectivity index (χ1n) is 9.01. The van der Waals surface area contributed by atoms with Crippen LogP contribution in [0.4, 0.5) is 8.78 Å². The summed E-state index contributed by atoms with van der Waals surface area (Å²) in [5.74, 6) is 0.234. The van der Waals surface area contributed by atoms with Gasteiger partial charge in [0.1, 0.15) is 23.4 Å². The van der Waals surface area contributed by atoms with Gasteiger partial charge in [-0.2, -0.15) is 4.99 Å². The van der Waals surface area contributed by atoms with Crippen LogP contribution in [0.3, 0.4) is 0 Å². The predicted molar refractivity (Wildman–Crippen MR) is 95.5 cm³/mol. The number of carbonyl (C=O) groups is 1. The minimum atomic E-state index is -1.19. The summed E-state index contributed by atoms with van der Waals surface area (Å²) in [4.78, 5) is 18.7. The lowest BCUT2D eigenvalue weighted by atomic mass is 9.80. The molecule has 5 heteroatoms. The van der Waals surface area contributed by atoms with Gasteiger partial charge in [-0.25, -0.2) is 8.78 Å². The Morgan fingerprint density at radius 3 is 2.72 bits per heavy atom. The van der Waals surface area contributed by atoms with E-state index in [1.807, 2.05) is 11.1 Å². The minimum Gasteiger partial charge on any atom is -0.317 e. The summed E-state index contributed by atoms with van der Waals surface area (Å²) < 4.78 is 27.4. The van der Waals surface area contributed by atoms with Crippen molar-refractivity contribution in [2.75, 3.05) is 0 Å². The van der Waals surface area contributed by atoms with E-state index in [9.17, 15) is 13.6 Å². The Kier molecular flexibility index (Phi) is 5.02. The van der Waals surface area contributed by atoms with Gasteiger partial charge in [0.25, 0.3) is 5.91 Å². The summed E-state index contributed by atoms with van der Waals surface area (Å²) in [6, 6.07) is 0. The van der Waals surface area contributed by atoms with Crippen molar-refractivity contribution in [2.24, 2.45) is 4.99 Å². The number of amidine groups is 1. The Labute approximate surface area is 147 Å². The first-order valence-corrected chi connectivity index (χ1v) is 9.01. The lowest BCUT2D eigenvalue weighted by molar-refractivity contribution is -0.126. The molecule has 1 amide bonds. The normalized spacial score (nSPS) is 24.3. The molecule has 1 fully saturated rings. The van der Waals surface area contributed by atoms with Crippen molar-refractivity contribution in [3.05, 3.63) is 47.5 Å². The second-order valence-corrected chi connectivity index (χ2v) is 6.90. The average molecular weight is 346 g/mol. The molecule has 0 bridgehead atoms. The molecular weight excluding hydrogens is 322 g/mol. The summed E-state index contributed by atoms with van der Waals surface area (Å²) in [5.41, 5.74) is 0.588. The molecule has 1 unspecified atom stereocenters. The zero-order valence-corrected chi connectivity index (χ0v) is 14.8. The highest BCUT2D eigenvalue weighted by Crippen LogP contribution is 2.41. The van der Waals surface area contributed by atoms with Gasteiger partial charge in [-0.05, 0) is 61.6 Å². The Balaban J connectivity index is 1.99. The molecule has 0 radical (unpaired) electrons. The second-order valence-electron chi connectivity index (χ2n) is 6.90. The molecule has 2 aliphatic heterocycles. The number of amides is 1. The lowest BCUT2D eigenvalue weighted by Crippen LogP contribution is -2.50. The van der Waals surface area contributed by atoms with Crippen LogP contribution in [-0.4, -0.2) is 28.4 Å². The van der Waals surface area contributed by atoms with Crippen molar-refractivity contribution in [2.45, 2.75) is 64.1 Å². The summed E-state index contributed by atoms with van der Waals surface area (Å²) in [6.45, 7) is 3.13. The van der Waals surface area contributed by atoms with E-state index in [-0.39, 0.29) is 18.2 Å². The highest BCUT2D eigenvalue weighted by molar-refractivity contribution is 6.12. The number of fused-ring (bicyclic) bond motifs is 2. The minimum absolute atomic E-state index is 0.0935. The molecule has 2 heterocycles. The molecule has 3 rings (SSSR count). The second kappa shape index (κ2) is 7.06. The van der Waals surface area contributed by atoms with E-state index < -0.39 is 11.7 Å². The molecule has 0 aromatic carbocycles. The van der Waals surface area contributed by atoms with Crippen molar-refractivity contribution in [1.29, 1.82) is 0 Å². The average Bonchev–Trinajstić information content (AvgIpc) is 2.86. The third-order valence-corrected chi connectivity index (χ3v) is 5.08. The molecule has 0 saturated heterocycles. The number of carbonyl (C=O) groups excluding carboxylic acids is 1. The Hall–Kier alpha value is -2.04. The van der Waals surface area contributed by atoms with E-state index in [2.05, 4.69) is 4.99 Å². The Morgan fingerprint density at radius 2 is 2.08 bits per heavy atom. The predicted octanol–water partition coefficient (Wildman–Crippen LogP) is 4.93. The van der Waals surface area contributed by atoms with Crippen LogP contribution in [0, 0.1) is 0 Å². The summed E-state index contributed by atoms with van der Waals surface area (Å²) in [7, 11) is 0. The van der Waals surface area contributed by atoms with Crippen LogP contribution in [0.5, 0.6) is 0 Å². The molecule has 0 aromatic heterocycles. The molecular formula is C20H24F2N2O. The van der Waals surface area contributed by atoms with Crippen LogP contribution in [0.25, 0.3) is 0 Å². The number of aliphatic imine (C=N–C) groups is 1. The van der Waals surface area contributed by atoms with E-state index in [4.69, 9.17) is 0 Å². The van der Waals surface area contributed by atoms with Gasteiger partial charge < -0.3 is 4.90 Å². The highest BCUT2D eigenvalue weighted by Gasteiger charge is 2.49. The number of nitrogens with zero attached hydrogens (tertiary/aromatic N) is 2.